The molecule has 1 aliphatic rings. The van der Waals surface area contributed by atoms with Gasteiger partial charge in [-0.1, -0.05) is 0 Å². The van der Waals surface area contributed by atoms with Crippen molar-refractivity contribution >= 4 is 17.4 Å². The number of hydrogen-bond acceptors (Lipinski definition) is 8. The standard InChI is InChI=1S/C17H22N8O/c1-12-7-15(19-10-18-12)22-13-3-5-24(6-4-13)16-8-14(9-26-2)23-17-20-11-21-25(16)17/h7-8,10-11,13H,3-6,9H2,1-2H3,(H,18,19,22). The molecule has 1 N–H and O–H groups in total. The van der Waals surface area contributed by atoms with Crippen LogP contribution in [-0.2, 0) is 11.3 Å². The van der Waals surface area contributed by atoms with Crippen molar-refractivity contribution in [2.75, 3.05) is 30.4 Å². The van der Waals surface area contributed by atoms with E-state index in [-0.39, 0.29) is 0 Å². The minimum Gasteiger partial charge on any atom is -0.378 e. The molecule has 0 bridgehead atoms. The number of rotatable bonds is 5. The van der Waals surface area contributed by atoms with Crippen LogP contribution in [-0.4, -0.2) is 55.8 Å². The largest absolute Gasteiger partial charge is 0.378 e. The van der Waals surface area contributed by atoms with E-state index in [0.717, 1.165) is 49.0 Å². The SMILES string of the molecule is COCc1cc(N2CCC(Nc3cc(C)ncn3)CC2)n2ncnc2n1. The van der Waals surface area contributed by atoms with Gasteiger partial charge in [-0.05, 0) is 19.8 Å². The Bertz CT molecular complexity index is 887. The molecule has 1 aliphatic heterocycles. The van der Waals surface area contributed by atoms with Crippen LogP contribution in [0, 0.1) is 6.92 Å². The topological polar surface area (TPSA) is 93.4 Å². The zero-order chi connectivity index (χ0) is 17.9. The van der Waals surface area contributed by atoms with Gasteiger partial charge in [0, 0.05) is 44.1 Å². The number of aromatic nitrogens is 6. The Kier molecular flexibility index (Phi) is 4.61. The van der Waals surface area contributed by atoms with E-state index >= 15 is 0 Å². The summed E-state index contributed by atoms with van der Waals surface area (Å²) in [7, 11) is 1.67. The first-order valence-electron chi connectivity index (χ1n) is 8.71. The van der Waals surface area contributed by atoms with Crippen LogP contribution in [0.25, 0.3) is 5.78 Å². The number of fused-ring (bicyclic) bond motifs is 1. The maximum absolute atomic E-state index is 5.23. The fraction of sp³-hybridized carbons (Fsp3) is 0.471. The second kappa shape index (κ2) is 7.20. The predicted molar refractivity (Wildman–Crippen MR) is 97.1 cm³/mol. The van der Waals surface area contributed by atoms with Crippen LogP contribution in [0.4, 0.5) is 11.6 Å². The van der Waals surface area contributed by atoms with Crippen LogP contribution < -0.4 is 10.2 Å². The van der Waals surface area contributed by atoms with Gasteiger partial charge in [-0.2, -0.15) is 14.6 Å². The summed E-state index contributed by atoms with van der Waals surface area (Å²) >= 11 is 0. The van der Waals surface area contributed by atoms with E-state index < -0.39 is 0 Å². The highest BCUT2D eigenvalue weighted by Gasteiger charge is 2.22. The molecule has 1 saturated heterocycles. The van der Waals surface area contributed by atoms with E-state index in [9.17, 15) is 0 Å². The Morgan fingerprint density at radius 2 is 2.00 bits per heavy atom. The third-order valence-electron chi connectivity index (χ3n) is 4.55. The summed E-state index contributed by atoms with van der Waals surface area (Å²) in [5.41, 5.74) is 1.83. The summed E-state index contributed by atoms with van der Waals surface area (Å²) < 4.78 is 7.02. The highest BCUT2D eigenvalue weighted by atomic mass is 16.5. The first-order valence-corrected chi connectivity index (χ1v) is 8.71. The molecular weight excluding hydrogens is 332 g/mol. The molecule has 0 unspecified atom stereocenters. The van der Waals surface area contributed by atoms with Gasteiger partial charge >= 0.3 is 0 Å². The fourth-order valence-electron chi connectivity index (χ4n) is 3.29. The zero-order valence-corrected chi connectivity index (χ0v) is 15.0. The minimum atomic E-state index is 0.395. The Labute approximate surface area is 151 Å². The van der Waals surface area contributed by atoms with E-state index in [0.29, 0.717) is 18.4 Å². The lowest BCUT2D eigenvalue weighted by Gasteiger charge is -2.34. The van der Waals surface area contributed by atoms with Crippen LogP contribution in [0.2, 0.25) is 0 Å². The van der Waals surface area contributed by atoms with Crippen LogP contribution in [0.1, 0.15) is 24.2 Å². The summed E-state index contributed by atoms with van der Waals surface area (Å²) in [6, 6.07) is 4.41. The van der Waals surface area contributed by atoms with E-state index in [1.807, 2.05) is 19.1 Å². The average Bonchev–Trinajstić information content (AvgIpc) is 3.11. The van der Waals surface area contributed by atoms with Gasteiger partial charge in [0.2, 0.25) is 0 Å². The minimum absolute atomic E-state index is 0.395. The highest BCUT2D eigenvalue weighted by molar-refractivity contribution is 5.48. The molecule has 26 heavy (non-hydrogen) atoms. The maximum atomic E-state index is 5.23. The van der Waals surface area contributed by atoms with E-state index in [4.69, 9.17) is 4.74 Å². The average molecular weight is 354 g/mol. The number of nitrogens with zero attached hydrogens (tertiary/aromatic N) is 7. The number of aryl methyl sites for hydroxylation is 1. The molecule has 0 radical (unpaired) electrons. The number of methoxy groups -OCH3 is 1. The van der Waals surface area contributed by atoms with Crippen molar-refractivity contribution in [1.29, 1.82) is 0 Å². The zero-order valence-electron chi connectivity index (χ0n) is 15.0. The molecule has 136 valence electrons. The first kappa shape index (κ1) is 16.6. The smallest absolute Gasteiger partial charge is 0.254 e. The number of anilines is 2. The van der Waals surface area contributed by atoms with E-state index in [1.54, 1.807) is 18.0 Å². The molecule has 9 nitrogen and oxygen atoms in total. The lowest BCUT2D eigenvalue weighted by Crippen LogP contribution is -2.40. The molecule has 3 aromatic heterocycles. The van der Waals surface area contributed by atoms with Gasteiger partial charge < -0.3 is 15.0 Å². The quantitative estimate of drug-likeness (QED) is 0.736. The molecule has 0 aromatic carbocycles. The van der Waals surface area contributed by atoms with Crippen molar-refractivity contribution in [3.8, 4) is 0 Å². The molecule has 0 atom stereocenters. The summed E-state index contributed by atoms with van der Waals surface area (Å²) in [6.07, 6.45) is 5.17. The second-order valence-corrected chi connectivity index (χ2v) is 6.46. The van der Waals surface area contributed by atoms with Gasteiger partial charge in [0.1, 0.15) is 24.3 Å². The van der Waals surface area contributed by atoms with Gasteiger partial charge in [0.05, 0.1) is 12.3 Å². The number of nitrogens with one attached hydrogen (secondary N) is 1. The molecule has 0 spiro atoms. The summed E-state index contributed by atoms with van der Waals surface area (Å²) in [5, 5.41) is 7.83. The van der Waals surface area contributed by atoms with E-state index in [1.165, 1.54) is 6.33 Å². The van der Waals surface area contributed by atoms with Gasteiger partial charge in [-0.3, -0.25) is 0 Å². The molecule has 0 amide bonds. The molecule has 9 heteroatoms. The van der Waals surface area contributed by atoms with Crippen molar-refractivity contribution in [3.63, 3.8) is 0 Å². The summed E-state index contributed by atoms with van der Waals surface area (Å²) in [6.45, 7) is 4.28. The summed E-state index contributed by atoms with van der Waals surface area (Å²) in [4.78, 5) is 19.5. The molecule has 4 rings (SSSR count). The van der Waals surface area contributed by atoms with Gasteiger partial charge in [0.15, 0.2) is 0 Å². The molecule has 0 aliphatic carbocycles. The first-order chi connectivity index (χ1) is 12.7. The van der Waals surface area contributed by atoms with Crippen molar-refractivity contribution in [2.45, 2.75) is 32.4 Å². The third kappa shape index (κ3) is 3.43. The fourth-order valence-corrected chi connectivity index (χ4v) is 3.29. The maximum Gasteiger partial charge on any atom is 0.254 e. The Morgan fingerprint density at radius 1 is 1.15 bits per heavy atom. The second-order valence-electron chi connectivity index (χ2n) is 6.46. The Hall–Kier alpha value is -2.81. The van der Waals surface area contributed by atoms with Crippen LogP contribution in [0.5, 0.6) is 0 Å². The van der Waals surface area contributed by atoms with Gasteiger partial charge in [-0.15, -0.1) is 0 Å². The molecule has 3 aromatic rings. The molecule has 4 heterocycles. The molecule has 1 fully saturated rings. The van der Waals surface area contributed by atoms with Crippen molar-refractivity contribution in [3.05, 3.63) is 36.2 Å². The molecule has 0 saturated carbocycles. The lowest BCUT2D eigenvalue weighted by molar-refractivity contribution is 0.181. The Balaban J connectivity index is 1.47. The van der Waals surface area contributed by atoms with Crippen LogP contribution >= 0.6 is 0 Å². The van der Waals surface area contributed by atoms with Crippen molar-refractivity contribution in [1.82, 2.24) is 29.5 Å². The number of piperidine rings is 1. The van der Waals surface area contributed by atoms with Gasteiger partial charge in [0.25, 0.3) is 5.78 Å². The number of hydrogen-bond donors (Lipinski definition) is 1. The molecular formula is C17H22N8O. The highest BCUT2D eigenvalue weighted by Crippen LogP contribution is 2.23. The summed E-state index contributed by atoms with van der Waals surface area (Å²) in [5.74, 6) is 2.50. The van der Waals surface area contributed by atoms with Crippen molar-refractivity contribution < 1.29 is 4.74 Å². The van der Waals surface area contributed by atoms with Gasteiger partial charge in [-0.25, -0.2) is 15.0 Å². The number of ether oxygens (including phenoxy) is 1. The van der Waals surface area contributed by atoms with Crippen molar-refractivity contribution in [2.24, 2.45) is 0 Å². The normalized spacial score (nSPS) is 15.5. The van der Waals surface area contributed by atoms with E-state index in [2.05, 4.69) is 35.3 Å². The Morgan fingerprint density at radius 3 is 2.77 bits per heavy atom. The van der Waals surface area contributed by atoms with Crippen LogP contribution in [0.15, 0.2) is 24.8 Å². The predicted octanol–water partition coefficient (Wildman–Crippen LogP) is 1.45. The third-order valence-corrected chi connectivity index (χ3v) is 4.55. The van der Waals surface area contributed by atoms with Crippen LogP contribution in [0.3, 0.4) is 0 Å². The monoisotopic (exact) mass is 354 g/mol. The lowest BCUT2D eigenvalue weighted by atomic mass is 10.0.